The van der Waals surface area contributed by atoms with Gasteiger partial charge in [-0.05, 0) is 24.0 Å². The Kier molecular flexibility index (Phi) is 2.58. The Labute approximate surface area is 82.8 Å². The maximum absolute atomic E-state index is 10.1. The summed E-state index contributed by atoms with van der Waals surface area (Å²) in [6.07, 6.45) is 3.43. The third-order valence-corrected chi connectivity index (χ3v) is 2.47. The molecule has 1 aliphatic carbocycles. The molecule has 0 saturated carbocycles. The van der Waals surface area contributed by atoms with Crippen molar-refractivity contribution in [1.82, 2.24) is 5.43 Å². The van der Waals surface area contributed by atoms with Gasteiger partial charge in [-0.3, -0.25) is 4.79 Å². The molecule has 0 aromatic heterocycles. The van der Waals surface area contributed by atoms with Crippen LogP contribution >= 0.6 is 0 Å². The first-order chi connectivity index (χ1) is 6.90. The van der Waals surface area contributed by atoms with Gasteiger partial charge in [-0.15, -0.1) is 0 Å². The summed E-state index contributed by atoms with van der Waals surface area (Å²) in [4.78, 5) is 10.1. The molecule has 0 radical (unpaired) electrons. The summed E-state index contributed by atoms with van der Waals surface area (Å²) >= 11 is 0. The number of amides is 1. The van der Waals surface area contributed by atoms with Crippen LogP contribution in [0.1, 0.15) is 17.5 Å². The third-order valence-electron chi connectivity index (χ3n) is 2.47. The first-order valence-electron chi connectivity index (χ1n) is 4.71. The number of hydrazone groups is 1. The number of rotatable bonds is 2. The highest BCUT2D eigenvalue weighted by Crippen LogP contribution is 2.18. The van der Waals surface area contributed by atoms with Crippen molar-refractivity contribution in [2.24, 2.45) is 5.10 Å². The summed E-state index contributed by atoms with van der Waals surface area (Å²) in [6.45, 7) is 0. The minimum absolute atomic E-state index is 0.605. The van der Waals surface area contributed by atoms with Crippen LogP contribution in [-0.4, -0.2) is 12.1 Å². The van der Waals surface area contributed by atoms with E-state index in [4.69, 9.17) is 0 Å². The molecule has 72 valence electrons. The second kappa shape index (κ2) is 4.05. The number of carbonyl (C=O) groups excluding carboxylic acids is 1. The highest BCUT2D eigenvalue weighted by molar-refractivity contribution is 5.88. The Hall–Kier alpha value is -1.64. The zero-order chi connectivity index (χ0) is 9.80. The molecule has 0 spiro atoms. The average Bonchev–Trinajstić information content (AvgIpc) is 2.26. The largest absolute Gasteiger partial charge is 0.277 e. The second-order valence-electron chi connectivity index (χ2n) is 3.37. The maximum Gasteiger partial charge on any atom is 0.227 e. The van der Waals surface area contributed by atoms with Gasteiger partial charge >= 0.3 is 0 Å². The molecular weight excluding hydrogens is 176 g/mol. The average molecular weight is 188 g/mol. The van der Waals surface area contributed by atoms with E-state index < -0.39 is 0 Å². The van der Waals surface area contributed by atoms with Crippen molar-refractivity contribution in [2.45, 2.75) is 19.3 Å². The number of hydrogen-bond acceptors (Lipinski definition) is 2. The minimum atomic E-state index is 0.605. The lowest BCUT2D eigenvalue weighted by atomic mass is 9.90. The van der Waals surface area contributed by atoms with Crippen molar-refractivity contribution >= 4 is 12.1 Å². The summed E-state index contributed by atoms with van der Waals surface area (Å²) in [5, 5.41) is 4.00. The standard InChI is InChI=1S/C11H12N2O/c14-8-12-13-11-6-5-9-3-1-2-4-10(9)7-11/h1-4,8H,5-7H2,(H,12,14)/b13-11-. The predicted octanol–water partition coefficient (Wildman–Crippen LogP) is 1.28. The molecule has 1 aromatic carbocycles. The fraction of sp³-hybridized carbons (Fsp3) is 0.273. The Morgan fingerprint density at radius 2 is 2.00 bits per heavy atom. The van der Waals surface area contributed by atoms with Crippen molar-refractivity contribution in [3.05, 3.63) is 35.4 Å². The van der Waals surface area contributed by atoms with E-state index in [0.717, 1.165) is 25.0 Å². The van der Waals surface area contributed by atoms with Gasteiger partial charge in [0.25, 0.3) is 0 Å². The molecule has 0 bridgehead atoms. The van der Waals surface area contributed by atoms with Crippen LogP contribution in [0.15, 0.2) is 29.4 Å². The van der Waals surface area contributed by atoms with E-state index in [-0.39, 0.29) is 0 Å². The van der Waals surface area contributed by atoms with Crippen LogP contribution in [0.3, 0.4) is 0 Å². The summed E-state index contributed by atoms with van der Waals surface area (Å²) in [5.74, 6) is 0. The molecule has 0 unspecified atom stereocenters. The molecule has 0 atom stereocenters. The van der Waals surface area contributed by atoms with Gasteiger partial charge in [0.1, 0.15) is 0 Å². The molecule has 0 heterocycles. The first kappa shape index (κ1) is 8.94. The molecular formula is C11H12N2O. The van der Waals surface area contributed by atoms with Gasteiger partial charge in [0.05, 0.1) is 0 Å². The summed E-state index contributed by atoms with van der Waals surface area (Å²) < 4.78 is 0. The van der Waals surface area contributed by atoms with E-state index in [1.54, 1.807) is 0 Å². The van der Waals surface area contributed by atoms with Crippen molar-refractivity contribution in [3.63, 3.8) is 0 Å². The molecule has 1 aromatic rings. The number of nitrogens with one attached hydrogen (secondary N) is 1. The number of carbonyl (C=O) groups is 1. The predicted molar refractivity (Wildman–Crippen MR) is 55.1 cm³/mol. The van der Waals surface area contributed by atoms with Gasteiger partial charge in [0.2, 0.25) is 6.41 Å². The van der Waals surface area contributed by atoms with Crippen LogP contribution < -0.4 is 5.43 Å². The summed E-state index contributed by atoms with van der Waals surface area (Å²) in [6, 6.07) is 8.36. The molecule has 3 nitrogen and oxygen atoms in total. The Balaban J connectivity index is 2.17. The van der Waals surface area contributed by atoms with Crippen LogP contribution in [0.25, 0.3) is 0 Å². The number of fused-ring (bicyclic) bond motifs is 1. The normalized spacial score (nSPS) is 17.6. The molecule has 2 rings (SSSR count). The lowest BCUT2D eigenvalue weighted by molar-refractivity contribution is -0.109. The van der Waals surface area contributed by atoms with Crippen LogP contribution in [0.4, 0.5) is 0 Å². The van der Waals surface area contributed by atoms with Crippen LogP contribution in [0, 0.1) is 0 Å². The van der Waals surface area contributed by atoms with Crippen molar-refractivity contribution in [2.75, 3.05) is 0 Å². The van der Waals surface area contributed by atoms with Gasteiger partial charge in [-0.1, -0.05) is 24.3 Å². The smallest absolute Gasteiger partial charge is 0.227 e. The maximum atomic E-state index is 10.1. The van der Waals surface area contributed by atoms with Crippen LogP contribution in [0.2, 0.25) is 0 Å². The zero-order valence-corrected chi connectivity index (χ0v) is 7.86. The summed E-state index contributed by atoms with van der Waals surface area (Å²) in [5.41, 5.74) is 6.13. The number of nitrogens with zero attached hydrogens (tertiary/aromatic N) is 1. The molecule has 1 aliphatic rings. The first-order valence-corrected chi connectivity index (χ1v) is 4.71. The van der Waals surface area contributed by atoms with Crippen molar-refractivity contribution in [3.8, 4) is 0 Å². The Morgan fingerprint density at radius 3 is 2.79 bits per heavy atom. The highest BCUT2D eigenvalue weighted by Gasteiger charge is 2.12. The molecule has 14 heavy (non-hydrogen) atoms. The lowest BCUT2D eigenvalue weighted by Crippen LogP contribution is -2.17. The quantitative estimate of drug-likeness (QED) is 0.551. The summed E-state index contributed by atoms with van der Waals surface area (Å²) in [7, 11) is 0. The fourth-order valence-electron chi connectivity index (χ4n) is 1.77. The fourth-order valence-corrected chi connectivity index (χ4v) is 1.77. The third kappa shape index (κ3) is 1.82. The number of aryl methyl sites for hydroxylation is 1. The molecule has 0 saturated heterocycles. The molecule has 0 aliphatic heterocycles. The highest BCUT2D eigenvalue weighted by atomic mass is 16.1. The van der Waals surface area contributed by atoms with Gasteiger partial charge < -0.3 is 0 Å². The molecule has 0 fully saturated rings. The van der Waals surface area contributed by atoms with Gasteiger partial charge in [0.15, 0.2) is 0 Å². The van der Waals surface area contributed by atoms with E-state index in [9.17, 15) is 4.79 Å². The monoisotopic (exact) mass is 188 g/mol. The van der Waals surface area contributed by atoms with Gasteiger partial charge in [-0.2, -0.15) is 5.10 Å². The van der Waals surface area contributed by atoms with Crippen molar-refractivity contribution in [1.29, 1.82) is 0 Å². The van der Waals surface area contributed by atoms with E-state index in [1.165, 1.54) is 11.1 Å². The van der Waals surface area contributed by atoms with E-state index in [0.29, 0.717) is 6.41 Å². The minimum Gasteiger partial charge on any atom is -0.277 e. The SMILES string of the molecule is O=CN/N=C1/CCc2ccccc2C1. The second-order valence-corrected chi connectivity index (χ2v) is 3.37. The van der Waals surface area contributed by atoms with Crippen LogP contribution in [0.5, 0.6) is 0 Å². The van der Waals surface area contributed by atoms with Crippen molar-refractivity contribution < 1.29 is 4.79 Å². The molecule has 1 amide bonds. The van der Waals surface area contributed by atoms with E-state index in [1.807, 2.05) is 6.07 Å². The van der Waals surface area contributed by atoms with Crippen LogP contribution in [-0.2, 0) is 17.6 Å². The van der Waals surface area contributed by atoms with E-state index >= 15 is 0 Å². The molecule has 1 N–H and O–H groups in total. The van der Waals surface area contributed by atoms with E-state index in [2.05, 4.69) is 28.7 Å². The Bertz CT molecular complexity index is 371. The molecule has 3 heteroatoms. The van der Waals surface area contributed by atoms with Gasteiger partial charge in [-0.25, -0.2) is 5.43 Å². The topological polar surface area (TPSA) is 41.5 Å². The van der Waals surface area contributed by atoms with Gasteiger partial charge in [0, 0.05) is 12.1 Å². The lowest BCUT2D eigenvalue weighted by Gasteiger charge is -2.16. The number of benzene rings is 1. The number of hydrogen-bond donors (Lipinski definition) is 1. The zero-order valence-electron chi connectivity index (χ0n) is 7.86. The Morgan fingerprint density at radius 1 is 1.21 bits per heavy atom.